The lowest BCUT2D eigenvalue weighted by molar-refractivity contribution is 0.414. The molecule has 0 bridgehead atoms. The summed E-state index contributed by atoms with van der Waals surface area (Å²) in [5.74, 6) is 1.11. The maximum absolute atomic E-state index is 10.3. The van der Waals surface area contributed by atoms with E-state index < -0.39 is 5.41 Å². The van der Waals surface area contributed by atoms with Crippen LogP contribution in [0.2, 0.25) is 0 Å². The summed E-state index contributed by atoms with van der Waals surface area (Å²) in [6.45, 7) is 0. The summed E-state index contributed by atoms with van der Waals surface area (Å²) in [7, 11) is 3.24. The molecule has 0 radical (unpaired) electrons. The van der Waals surface area contributed by atoms with E-state index in [1.54, 1.807) is 14.2 Å². The van der Waals surface area contributed by atoms with Crippen LogP contribution >= 0.6 is 0 Å². The molecule has 2 aliphatic carbocycles. The average molecular weight is 392 g/mol. The third-order valence-electron chi connectivity index (χ3n) is 5.65. The quantitative estimate of drug-likeness (QED) is 0.705. The molecule has 0 aromatic heterocycles. The van der Waals surface area contributed by atoms with E-state index in [1.165, 1.54) is 0 Å². The van der Waals surface area contributed by atoms with Gasteiger partial charge >= 0.3 is 0 Å². The molecule has 0 spiro atoms. The molecule has 4 heteroatoms. The fraction of sp³-hybridized carbons (Fsp3) is 0.154. The Morgan fingerprint density at radius 3 is 1.87 bits per heavy atom. The van der Waals surface area contributed by atoms with Crippen LogP contribution in [0, 0.1) is 34.0 Å². The first kappa shape index (κ1) is 19.3. The molecule has 0 heterocycles. The summed E-state index contributed by atoms with van der Waals surface area (Å²) >= 11 is 0. The smallest absolute Gasteiger partial charge is 0.180 e. The van der Waals surface area contributed by atoms with Crippen molar-refractivity contribution in [2.75, 3.05) is 14.2 Å². The first-order valence-corrected chi connectivity index (χ1v) is 9.60. The number of hydrogen-bond acceptors (Lipinski definition) is 4. The predicted octanol–water partition coefficient (Wildman–Crippen LogP) is 5.33. The van der Waals surface area contributed by atoms with Crippen molar-refractivity contribution >= 4 is 11.1 Å². The van der Waals surface area contributed by atoms with Crippen LogP contribution < -0.4 is 9.47 Å². The number of allylic oxidation sites excluding steroid dienone is 8. The molecule has 0 saturated heterocycles. The lowest BCUT2D eigenvalue weighted by Crippen LogP contribution is -2.24. The number of methoxy groups -OCH3 is 2. The largest absolute Gasteiger partial charge is 0.497 e. The van der Waals surface area contributed by atoms with Crippen molar-refractivity contribution in [3.8, 4) is 23.6 Å². The Kier molecular flexibility index (Phi) is 5.00. The second-order valence-corrected chi connectivity index (χ2v) is 7.11. The van der Waals surface area contributed by atoms with Crippen molar-refractivity contribution < 1.29 is 9.47 Å². The van der Waals surface area contributed by atoms with Crippen molar-refractivity contribution in [3.63, 3.8) is 0 Å². The van der Waals surface area contributed by atoms with Crippen molar-refractivity contribution in [2.45, 2.75) is 0 Å². The van der Waals surface area contributed by atoms with Crippen LogP contribution in [0.1, 0.15) is 11.1 Å². The second-order valence-electron chi connectivity index (χ2n) is 7.11. The molecular formula is C26H20N2O2. The molecule has 0 amide bonds. The van der Waals surface area contributed by atoms with Gasteiger partial charge in [-0.2, -0.15) is 10.5 Å². The maximum atomic E-state index is 10.3. The van der Waals surface area contributed by atoms with Gasteiger partial charge in [-0.1, -0.05) is 54.6 Å². The van der Waals surface area contributed by atoms with E-state index in [2.05, 4.69) is 12.1 Å². The Balaban J connectivity index is 2.06. The number of hydrogen-bond donors (Lipinski definition) is 0. The molecular weight excluding hydrogens is 372 g/mol. The van der Waals surface area contributed by atoms with Crippen molar-refractivity contribution in [1.29, 1.82) is 10.5 Å². The van der Waals surface area contributed by atoms with Crippen LogP contribution in [0.5, 0.6) is 11.5 Å². The maximum Gasteiger partial charge on any atom is 0.180 e. The number of rotatable bonds is 4. The Morgan fingerprint density at radius 2 is 1.33 bits per heavy atom. The SMILES string of the molecule is COc1ccc(C2=C(c3ccc(OC)cc3)C(C#N)(C#N)C3C=CC=CC=C23)cc1. The number of fused-ring (bicyclic) bond motifs is 1. The third kappa shape index (κ3) is 2.91. The molecule has 1 unspecified atom stereocenters. The molecule has 0 N–H and O–H groups in total. The van der Waals surface area contributed by atoms with Gasteiger partial charge in [-0.05, 0) is 46.5 Å². The minimum atomic E-state index is -1.34. The highest BCUT2D eigenvalue weighted by Crippen LogP contribution is 2.58. The van der Waals surface area contributed by atoms with Crippen LogP contribution in [0.3, 0.4) is 0 Å². The van der Waals surface area contributed by atoms with Crippen molar-refractivity contribution in [2.24, 2.45) is 11.3 Å². The molecule has 0 fully saturated rings. The van der Waals surface area contributed by atoms with E-state index in [0.29, 0.717) is 0 Å². The highest BCUT2D eigenvalue weighted by molar-refractivity contribution is 6.07. The number of nitrogens with zero attached hydrogens (tertiary/aromatic N) is 2. The van der Waals surface area contributed by atoms with Gasteiger partial charge in [0.2, 0.25) is 0 Å². The zero-order chi connectivity index (χ0) is 21.1. The highest BCUT2D eigenvalue weighted by atomic mass is 16.5. The molecule has 0 aliphatic heterocycles. The topological polar surface area (TPSA) is 66.0 Å². The van der Waals surface area contributed by atoms with Gasteiger partial charge in [0.05, 0.1) is 26.4 Å². The van der Waals surface area contributed by atoms with Crippen molar-refractivity contribution in [3.05, 3.63) is 95.6 Å². The molecule has 2 aromatic rings. The zero-order valence-corrected chi connectivity index (χ0v) is 16.8. The van der Waals surface area contributed by atoms with Crippen LogP contribution in [0.25, 0.3) is 11.1 Å². The molecule has 0 saturated carbocycles. The fourth-order valence-electron chi connectivity index (χ4n) is 4.19. The lowest BCUT2D eigenvalue weighted by atomic mass is 9.73. The van der Waals surface area contributed by atoms with Crippen molar-refractivity contribution in [1.82, 2.24) is 0 Å². The van der Waals surface area contributed by atoms with Gasteiger partial charge < -0.3 is 9.47 Å². The monoisotopic (exact) mass is 392 g/mol. The van der Waals surface area contributed by atoms with Gasteiger partial charge in [-0.25, -0.2) is 0 Å². The Bertz CT molecular complexity index is 1150. The predicted molar refractivity (Wildman–Crippen MR) is 116 cm³/mol. The Hall–Kier alpha value is -4.02. The number of nitriles is 2. The third-order valence-corrected chi connectivity index (χ3v) is 5.65. The summed E-state index contributed by atoms with van der Waals surface area (Å²) in [6.07, 6.45) is 9.72. The number of ether oxygens (including phenoxy) is 2. The second kappa shape index (κ2) is 7.78. The molecule has 4 nitrogen and oxygen atoms in total. The van der Waals surface area contributed by atoms with E-state index in [-0.39, 0.29) is 5.92 Å². The summed E-state index contributed by atoms with van der Waals surface area (Å²) < 4.78 is 10.6. The van der Waals surface area contributed by atoms with Gasteiger partial charge in [0.25, 0.3) is 0 Å². The van der Waals surface area contributed by atoms with E-state index in [9.17, 15) is 10.5 Å². The molecule has 146 valence electrons. The minimum absolute atomic E-state index is 0.364. The van der Waals surface area contributed by atoms with Gasteiger partial charge in [-0.15, -0.1) is 0 Å². The summed E-state index contributed by atoms with van der Waals surface area (Å²) in [5.41, 5.74) is 3.02. The summed E-state index contributed by atoms with van der Waals surface area (Å²) in [5, 5.41) is 20.6. The van der Waals surface area contributed by atoms with E-state index in [4.69, 9.17) is 9.47 Å². The van der Waals surface area contributed by atoms with E-state index >= 15 is 0 Å². The fourth-order valence-corrected chi connectivity index (χ4v) is 4.19. The first-order chi connectivity index (χ1) is 14.7. The highest BCUT2D eigenvalue weighted by Gasteiger charge is 2.52. The van der Waals surface area contributed by atoms with Gasteiger partial charge in [0, 0.05) is 11.5 Å². The normalized spacial score (nSPS) is 18.7. The standard InChI is InChI=1S/C26H20N2O2/c1-29-20-12-8-18(9-13-20)24-22-6-4-3-5-7-23(22)26(16-27,17-28)25(24)19-10-14-21(30-2)15-11-19/h3-15,23H,1-2H3. The zero-order valence-electron chi connectivity index (χ0n) is 16.8. The van der Waals surface area contributed by atoms with Crippen LogP contribution in [-0.4, -0.2) is 14.2 Å². The molecule has 4 rings (SSSR count). The molecule has 2 aliphatic rings. The summed E-state index contributed by atoms with van der Waals surface area (Å²) in [6, 6.07) is 20.0. The van der Waals surface area contributed by atoms with Gasteiger partial charge in [0.1, 0.15) is 11.5 Å². The van der Waals surface area contributed by atoms with Gasteiger partial charge in [0.15, 0.2) is 5.41 Å². The van der Waals surface area contributed by atoms with Crippen LogP contribution in [0.15, 0.2) is 84.5 Å². The molecule has 1 atom stereocenters. The lowest BCUT2D eigenvalue weighted by Gasteiger charge is -2.23. The van der Waals surface area contributed by atoms with Crippen LogP contribution in [-0.2, 0) is 0 Å². The Morgan fingerprint density at radius 1 is 0.767 bits per heavy atom. The van der Waals surface area contributed by atoms with E-state index in [0.717, 1.165) is 39.3 Å². The first-order valence-electron chi connectivity index (χ1n) is 9.60. The minimum Gasteiger partial charge on any atom is -0.497 e. The average Bonchev–Trinajstić information content (AvgIpc) is 2.92. The van der Waals surface area contributed by atoms with E-state index in [1.807, 2.05) is 78.9 Å². The van der Waals surface area contributed by atoms with Crippen LogP contribution in [0.4, 0.5) is 0 Å². The molecule has 30 heavy (non-hydrogen) atoms. The summed E-state index contributed by atoms with van der Waals surface area (Å²) in [4.78, 5) is 0. The van der Waals surface area contributed by atoms with Gasteiger partial charge in [-0.3, -0.25) is 0 Å². The molecule has 2 aromatic carbocycles. The number of benzene rings is 2. The Labute approximate surface area is 176 Å².